The Morgan fingerprint density at radius 1 is 1.26 bits per heavy atom. The van der Waals surface area contributed by atoms with Crippen molar-refractivity contribution in [2.24, 2.45) is 0 Å². The zero-order valence-corrected chi connectivity index (χ0v) is 15.0. The van der Waals surface area contributed by atoms with Crippen LogP contribution in [0.5, 0.6) is 0 Å². The Bertz CT molecular complexity index is 736. The molecule has 2 rings (SSSR count). The average molecular weight is 377 g/mol. The van der Waals surface area contributed by atoms with Crippen molar-refractivity contribution in [1.82, 2.24) is 4.57 Å². The predicted octanol–water partition coefficient (Wildman–Crippen LogP) is 3.90. The Labute approximate surface area is 144 Å². The first-order valence-electron chi connectivity index (χ1n) is 7.75. The molecule has 0 unspecified atom stereocenters. The zero-order chi connectivity index (χ0) is 16.8. The number of nitrogens with one attached hydrogen (secondary N) is 1. The van der Waals surface area contributed by atoms with Crippen LogP contribution in [0.15, 0.2) is 45.8 Å². The van der Waals surface area contributed by atoms with E-state index in [1.807, 2.05) is 24.3 Å². The highest BCUT2D eigenvalue weighted by Crippen LogP contribution is 2.12. The minimum atomic E-state index is -0.217. The van der Waals surface area contributed by atoms with Gasteiger partial charge in [-0.3, -0.25) is 9.59 Å². The van der Waals surface area contributed by atoms with Crippen LogP contribution in [0.3, 0.4) is 0 Å². The fraction of sp³-hybridized carbons (Fsp3) is 0.333. The van der Waals surface area contributed by atoms with Gasteiger partial charge in [0.1, 0.15) is 6.54 Å². The number of carbonyl (C=O) groups excluding carboxylic acids is 1. The van der Waals surface area contributed by atoms with E-state index >= 15 is 0 Å². The van der Waals surface area contributed by atoms with Gasteiger partial charge in [0.05, 0.1) is 0 Å². The Hall–Kier alpha value is -1.88. The second kappa shape index (κ2) is 8.11. The van der Waals surface area contributed by atoms with Crippen LogP contribution < -0.4 is 10.9 Å². The number of anilines is 1. The monoisotopic (exact) mass is 376 g/mol. The predicted molar refractivity (Wildman–Crippen MR) is 96.8 cm³/mol. The van der Waals surface area contributed by atoms with E-state index in [-0.39, 0.29) is 18.0 Å². The molecule has 0 atom stereocenters. The lowest BCUT2D eigenvalue weighted by Crippen LogP contribution is -2.28. The van der Waals surface area contributed by atoms with Crippen LogP contribution in [0.1, 0.15) is 30.9 Å². The van der Waals surface area contributed by atoms with E-state index in [0.717, 1.165) is 23.0 Å². The molecule has 0 saturated carbocycles. The Kier molecular flexibility index (Phi) is 6.16. The second-order valence-corrected chi connectivity index (χ2v) is 6.54. The Morgan fingerprint density at radius 2 is 1.96 bits per heavy atom. The van der Waals surface area contributed by atoms with Crippen LogP contribution in [-0.2, 0) is 17.8 Å². The SMILES string of the molecule is CCCCc1ccc(NC(=O)Cn2cc(Br)cc(C)c2=O)cc1. The molecular formula is C18H21BrN2O2. The maximum absolute atomic E-state index is 12.1. The van der Waals surface area contributed by atoms with Crippen molar-refractivity contribution in [3.8, 4) is 0 Å². The fourth-order valence-corrected chi connectivity index (χ4v) is 2.94. The van der Waals surface area contributed by atoms with E-state index < -0.39 is 0 Å². The van der Waals surface area contributed by atoms with E-state index in [0.29, 0.717) is 5.56 Å². The van der Waals surface area contributed by atoms with Gasteiger partial charge in [-0.05, 0) is 59.5 Å². The lowest BCUT2D eigenvalue weighted by molar-refractivity contribution is -0.116. The van der Waals surface area contributed by atoms with Crippen LogP contribution in [0.2, 0.25) is 0 Å². The number of halogens is 1. The molecule has 0 spiro atoms. The third kappa shape index (κ3) is 5.06. The molecule has 2 aromatic rings. The molecule has 0 saturated heterocycles. The fourth-order valence-electron chi connectivity index (χ4n) is 2.35. The summed E-state index contributed by atoms with van der Waals surface area (Å²) in [6, 6.07) is 9.60. The van der Waals surface area contributed by atoms with Gasteiger partial charge in [-0.2, -0.15) is 0 Å². The van der Waals surface area contributed by atoms with Gasteiger partial charge in [0.2, 0.25) is 5.91 Å². The highest BCUT2D eigenvalue weighted by molar-refractivity contribution is 9.10. The van der Waals surface area contributed by atoms with Crippen LogP contribution in [0.25, 0.3) is 0 Å². The smallest absolute Gasteiger partial charge is 0.253 e. The number of carbonyl (C=O) groups is 1. The van der Waals surface area contributed by atoms with Crippen molar-refractivity contribution in [1.29, 1.82) is 0 Å². The third-order valence-electron chi connectivity index (χ3n) is 3.60. The summed E-state index contributed by atoms with van der Waals surface area (Å²) >= 11 is 3.34. The molecule has 0 fully saturated rings. The molecule has 1 heterocycles. The molecule has 5 heteroatoms. The highest BCUT2D eigenvalue weighted by Gasteiger charge is 2.08. The van der Waals surface area contributed by atoms with Crippen molar-refractivity contribution < 1.29 is 4.79 Å². The molecule has 0 aliphatic rings. The maximum atomic E-state index is 12.1. The van der Waals surface area contributed by atoms with Gasteiger partial charge in [-0.1, -0.05) is 25.5 Å². The summed E-state index contributed by atoms with van der Waals surface area (Å²) in [5.74, 6) is -0.217. The summed E-state index contributed by atoms with van der Waals surface area (Å²) in [4.78, 5) is 24.1. The molecule has 23 heavy (non-hydrogen) atoms. The second-order valence-electron chi connectivity index (χ2n) is 5.62. The molecule has 1 amide bonds. The van der Waals surface area contributed by atoms with Gasteiger partial charge >= 0.3 is 0 Å². The van der Waals surface area contributed by atoms with E-state index in [1.54, 1.807) is 19.2 Å². The quantitative estimate of drug-likeness (QED) is 0.830. The largest absolute Gasteiger partial charge is 0.325 e. The van der Waals surface area contributed by atoms with E-state index in [4.69, 9.17) is 0 Å². The van der Waals surface area contributed by atoms with Crippen LogP contribution in [-0.4, -0.2) is 10.5 Å². The molecule has 0 aliphatic heterocycles. The van der Waals surface area contributed by atoms with Crippen molar-refractivity contribution in [3.05, 3.63) is 62.5 Å². The lowest BCUT2D eigenvalue weighted by atomic mass is 10.1. The van der Waals surface area contributed by atoms with Crippen LogP contribution in [0, 0.1) is 6.92 Å². The molecule has 1 aromatic carbocycles. The van der Waals surface area contributed by atoms with Gasteiger partial charge in [0.25, 0.3) is 5.56 Å². The summed E-state index contributed by atoms with van der Waals surface area (Å²) in [6.07, 6.45) is 5.01. The number of pyridine rings is 1. The first-order valence-corrected chi connectivity index (χ1v) is 8.54. The first kappa shape index (κ1) is 17.5. The van der Waals surface area contributed by atoms with Crippen molar-refractivity contribution in [2.45, 2.75) is 39.7 Å². The third-order valence-corrected chi connectivity index (χ3v) is 4.04. The van der Waals surface area contributed by atoms with Gasteiger partial charge in [-0.15, -0.1) is 0 Å². The molecule has 122 valence electrons. The molecule has 0 aliphatic carbocycles. The molecule has 4 nitrogen and oxygen atoms in total. The topological polar surface area (TPSA) is 51.1 Å². The van der Waals surface area contributed by atoms with Gasteiger partial charge < -0.3 is 9.88 Å². The number of aryl methyl sites for hydroxylation is 2. The molecule has 0 radical (unpaired) electrons. The number of nitrogens with zero attached hydrogens (tertiary/aromatic N) is 1. The number of hydrogen-bond acceptors (Lipinski definition) is 2. The zero-order valence-electron chi connectivity index (χ0n) is 13.4. The number of unbranched alkanes of at least 4 members (excludes halogenated alkanes) is 1. The van der Waals surface area contributed by atoms with Crippen LogP contribution in [0.4, 0.5) is 5.69 Å². The highest BCUT2D eigenvalue weighted by atomic mass is 79.9. The number of amides is 1. The Balaban J connectivity index is 2.01. The Morgan fingerprint density at radius 3 is 2.61 bits per heavy atom. The van der Waals surface area contributed by atoms with E-state index in [1.165, 1.54) is 16.6 Å². The summed E-state index contributed by atoms with van der Waals surface area (Å²) in [5, 5.41) is 2.83. The van der Waals surface area contributed by atoms with E-state index in [9.17, 15) is 9.59 Å². The summed E-state index contributed by atoms with van der Waals surface area (Å²) in [5.41, 5.74) is 2.46. The van der Waals surface area contributed by atoms with Crippen molar-refractivity contribution >= 4 is 27.5 Å². The first-order chi connectivity index (χ1) is 11.0. The molecule has 1 N–H and O–H groups in total. The van der Waals surface area contributed by atoms with Gasteiger partial charge in [-0.25, -0.2) is 0 Å². The number of rotatable bonds is 6. The number of hydrogen-bond donors (Lipinski definition) is 1. The van der Waals surface area contributed by atoms with Gasteiger partial charge in [0, 0.05) is 21.9 Å². The summed E-state index contributed by atoms with van der Waals surface area (Å²) in [7, 11) is 0. The number of aromatic nitrogens is 1. The van der Waals surface area contributed by atoms with Crippen LogP contribution >= 0.6 is 15.9 Å². The maximum Gasteiger partial charge on any atom is 0.253 e. The van der Waals surface area contributed by atoms with Gasteiger partial charge in [0.15, 0.2) is 0 Å². The summed E-state index contributed by atoms with van der Waals surface area (Å²) in [6.45, 7) is 3.90. The lowest BCUT2D eigenvalue weighted by Gasteiger charge is -2.09. The normalized spacial score (nSPS) is 10.6. The summed E-state index contributed by atoms with van der Waals surface area (Å²) < 4.78 is 2.19. The standard InChI is InChI=1S/C18H21BrN2O2/c1-3-4-5-14-6-8-16(9-7-14)20-17(22)12-21-11-15(19)10-13(2)18(21)23/h6-11H,3-5,12H2,1-2H3,(H,20,22). The van der Waals surface area contributed by atoms with E-state index in [2.05, 4.69) is 28.2 Å². The number of benzene rings is 1. The van der Waals surface area contributed by atoms with Crippen molar-refractivity contribution in [3.63, 3.8) is 0 Å². The average Bonchev–Trinajstić information content (AvgIpc) is 2.51. The minimum Gasteiger partial charge on any atom is -0.325 e. The molecule has 0 bridgehead atoms. The molecule has 1 aromatic heterocycles. The minimum absolute atomic E-state index is 0.00327. The van der Waals surface area contributed by atoms with Crippen molar-refractivity contribution in [2.75, 3.05) is 5.32 Å². The molecular weight excluding hydrogens is 356 g/mol.